The van der Waals surface area contributed by atoms with E-state index in [1.807, 2.05) is 32.0 Å². The van der Waals surface area contributed by atoms with E-state index in [2.05, 4.69) is 5.32 Å². The van der Waals surface area contributed by atoms with E-state index in [1.54, 1.807) is 39.5 Å². The molecule has 2 aromatic carbocycles. The van der Waals surface area contributed by atoms with Crippen molar-refractivity contribution in [3.8, 4) is 23.0 Å². The highest BCUT2D eigenvalue weighted by Crippen LogP contribution is 2.41. The average molecular weight is 371 g/mol. The standard InChI is InChI=1S/C21H25NO5/c1-21(2)12-16(15-8-7-14(24-3)11-18(15)27-21)22-20(23)13-6-9-17(25-4)19(10-13)26-5/h6-11,16H,12H2,1-5H3,(H,22,23). The van der Waals surface area contributed by atoms with Crippen molar-refractivity contribution in [3.05, 3.63) is 47.5 Å². The van der Waals surface area contributed by atoms with Crippen LogP contribution < -0.4 is 24.3 Å². The van der Waals surface area contributed by atoms with E-state index in [0.29, 0.717) is 23.5 Å². The zero-order chi connectivity index (χ0) is 19.6. The number of benzene rings is 2. The topological polar surface area (TPSA) is 66.0 Å². The summed E-state index contributed by atoms with van der Waals surface area (Å²) in [6, 6.07) is 10.6. The molecule has 0 aliphatic carbocycles. The van der Waals surface area contributed by atoms with Gasteiger partial charge in [-0.15, -0.1) is 0 Å². The third-order valence-corrected chi connectivity index (χ3v) is 4.63. The highest BCUT2D eigenvalue weighted by Gasteiger charge is 2.35. The largest absolute Gasteiger partial charge is 0.497 e. The number of fused-ring (bicyclic) bond motifs is 1. The van der Waals surface area contributed by atoms with Crippen molar-refractivity contribution >= 4 is 5.91 Å². The van der Waals surface area contributed by atoms with E-state index in [9.17, 15) is 4.79 Å². The summed E-state index contributed by atoms with van der Waals surface area (Å²) in [6.07, 6.45) is 0.658. The Morgan fingerprint density at radius 2 is 1.78 bits per heavy atom. The van der Waals surface area contributed by atoms with E-state index in [-0.39, 0.29) is 11.9 Å². The first kappa shape index (κ1) is 18.9. The molecule has 1 N–H and O–H groups in total. The van der Waals surface area contributed by atoms with Crippen molar-refractivity contribution < 1.29 is 23.7 Å². The lowest BCUT2D eigenvalue weighted by molar-refractivity contribution is 0.0617. The molecular weight excluding hydrogens is 346 g/mol. The van der Waals surface area contributed by atoms with Gasteiger partial charge in [-0.05, 0) is 44.2 Å². The molecule has 0 saturated carbocycles. The maximum absolute atomic E-state index is 12.9. The van der Waals surface area contributed by atoms with Crippen molar-refractivity contribution in [2.45, 2.75) is 31.9 Å². The molecule has 0 bridgehead atoms. The molecule has 27 heavy (non-hydrogen) atoms. The first-order valence-electron chi connectivity index (χ1n) is 8.76. The molecule has 0 radical (unpaired) electrons. The zero-order valence-corrected chi connectivity index (χ0v) is 16.3. The lowest BCUT2D eigenvalue weighted by Gasteiger charge is -2.38. The Bertz CT molecular complexity index is 846. The minimum Gasteiger partial charge on any atom is -0.497 e. The Kier molecular flexibility index (Phi) is 5.17. The Morgan fingerprint density at radius 3 is 2.44 bits per heavy atom. The van der Waals surface area contributed by atoms with Gasteiger partial charge >= 0.3 is 0 Å². The molecule has 6 heteroatoms. The van der Waals surface area contributed by atoms with Gasteiger partial charge in [0.2, 0.25) is 0 Å². The molecule has 144 valence electrons. The SMILES string of the molecule is COc1ccc2c(c1)OC(C)(C)CC2NC(=O)c1ccc(OC)c(OC)c1. The number of hydrogen-bond donors (Lipinski definition) is 1. The molecule has 3 rings (SSSR count). The van der Waals surface area contributed by atoms with Crippen LogP contribution in [0.4, 0.5) is 0 Å². The summed E-state index contributed by atoms with van der Waals surface area (Å²) in [5.41, 5.74) is 1.03. The maximum atomic E-state index is 12.9. The van der Waals surface area contributed by atoms with Gasteiger partial charge in [0.15, 0.2) is 11.5 Å². The predicted octanol–water partition coefficient (Wildman–Crippen LogP) is 3.74. The monoisotopic (exact) mass is 371 g/mol. The summed E-state index contributed by atoms with van der Waals surface area (Å²) in [6.45, 7) is 4.01. The van der Waals surface area contributed by atoms with Crippen molar-refractivity contribution in [2.24, 2.45) is 0 Å². The molecule has 0 fully saturated rings. The second-order valence-corrected chi connectivity index (χ2v) is 7.07. The van der Waals surface area contributed by atoms with Gasteiger partial charge in [-0.25, -0.2) is 0 Å². The Labute approximate surface area is 159 Å². The van der Waals surface area contributed by atoms with Crippen LogP contribution in [0.1, 0.15) is 42.2 Å². The molecule has 1 heterocycles. The summed E-state index contributed by atoms with van der Waals surface area (Å²) in [5, 5.41) is 3.12. The minimum absolute atomic E-state index is 0.171. The average Bonchev–Trinajstić information content (AvgIpc) is 2.65. The quantitative estimate of drug-likeness (QED) is 0.867. The second kappa shape index (κ2) is 7.39. The number of ether oxygens (including phenoxy) is 4. The van der Waals surface area contributed by atoms with Gasteiger partial charge in [-0.3, -0.25) is 4.79 Å². The number of carbonyl (C=O) groups excluding carboxylic acids is 1. The lowest BCUT2D eigenvalue weighted by Crippen LogP contribution is -2.41. The van der Waals surface area contributed by atoms with Crippen molar-refractivity contribution in [3.63, 3.8) is 0 Å². The minimum atomic E-state index is -0.408. The van der Waals surface area contributed by atoms with E-state index < -0.39 is 5.60 Å². The van der Waals surface area contributed by atoms with Crippen LogP contribution in [0.15, 0.2) is 36.4 Å². The summed E-state index contributed by atoms with van der Waals surface area (Å²) in [7, 11) is 4.73. The van der Waals surface area contributed by atoms with Gasteiger partial charge in [0, 0.05) is 23.6 Å². The smallest absolute Gasteiger partial charge is 0.251 e. The molecule has 1 unspecified atom stereocenters. The fourth-order valence-electron chi connectivity index (χ4n) is 3.31. The van der Waals surface area contributed by atoms with Crippen molar-refractivity contribution in [2.75, 3.05) is 21.3 Å². The summed E-state index contributed by atoms with van der Waals surface area (Å²) in [5.74, 6) is 2.36. The molecule has 0 saturated heterocycles. The van der Waals surface area contributed by atoms with E-state index in [1.165, 1.54) is 0 Å². The molecule has 1 atom stereocenters. The molecule has 2 aromatic rings. The normalized spacial score (nSPS) is 17.3. The van der Waals surface area contributed by atoms with Gasteiger partial charge < -0.3 is 24.3 Å². The summed E-state index contributed by atoms with van der Waals surface area (Å²) in [4.78, 5) is 12.9. The molecule has 0 aromatic heterocycles. The Morgan fingerprint density at radius 1 is 1.04 bits per heavy atom. The number of rotatable bonds is 5. The van der Waals surface area contributed by atoms with Gasteiger partial charge in [0.05, 0.1) is 27.4 Å². The highest BCUT2D eigenvalue weighted by atomic mass is 16.5. The van der Waals surface area contributed by atoms with Crippen LogP contribution in [0, 0.1) is 0 Å². The predicted molar refractivity (Wildman–Crippen MR) is 102 cm³/mol. The van der Waals surface area contributed by atoms with Crippen LogP contribution in [-0.4, -0.2) is 32.8 Å². The van der Waals surface area contributed by atoms with Crippen LogP contribution in [0.5, 0.6) is 23.0 Å². The van der Waals surface area contributed by atoms with E-state index >= 15 is 0 Å². The number of carbonyl (C=O) groups is 1. The van der Waals surface area contributed by atoms with Gasteiger partial charge in [0.25, 0.3) is 5.91 Å². The fourth-order valence-corrected chi connectivity index (χ4v) is 3.31. The first-order valence-corrected chi connectivity index (χ1v) is 8.76. The summed E-state index contributed by atoms with van der Waals surface area (Å²) < 4.78 is 21.9. The van der Waals surface area contributed by atoms with Crippen LogP contribution in [0.25, 0.3) is 0 Å². The molecular formula is C21H25NO5. The number of hydrogen-bond acceptors (Lipinski definition) is 5. The number of amides is 1. The van der Waals surface area contributed by atoms with Gasteiger partial charge in [0.1, 0.15) is 17.1 Å². The third kappa shape index (κ3) is 3.94. The van der Waals surface area contributed by atoms with Crippen LogP contribution in [0.3, 0.4) is 0 Å². The number of nitrogens with one attached hydrogen (secondary N) is 1. The van der Waals surface area contributed by atoms with Gasteiger partial charge in [-0.2, -0.15) is 0 Å². The van der Waals surface area contributed by atoms with Crippen LogP contribution in [-0.2, 0) is 0 Å². The van der Waals surface area contributed by atoms with Crippen LogP contribution >= 0.6 is 0 Å². The Balaban J connectivity index is 1.88. The van der Waals surface area contributed by atoms with Gasteiger partial charge in [-0.1, -0.05) is 0 Å². The van der Waals surface area contributed by atoms with Crippen molar-refractivity contribution in [1.29, 1.82) is 0 Å². The molecule has 6 nitrogen and oxygen atoms in total. The highest BCUT2D eigenvalue weighted by molar-refractivity contribution is 5.95. The lowest BCUT2D eigenvalue weighted by atomic mass is 9.89. The third-order valence-electron chi connectivity index (χ3n) is 4.63. The van der Waals surface area contributed by atoms with Crippen molar-refractivity contribution in [1.82, 2.24) is 5.32 Å². The maximum Gasteiger partial charge on any atom is 0.251 e. The Hall–Kier alpha value is -2.89. The molecule has 1 aliphatic rings. The molecule has 1 aliphatic heterocycles. The summed E-state index contributed by atoms with van der Waals surface area (Å²) >= 11 is 0. The first-order chi connectivity index (χ1) is 12.9. The number of methoxy groups -OCH3 is 3. The zero-order valence-electron chi connectivity index (χ0n) is 16.3. The van der Waals surface area contributed by atoms with E-state index in [4.69, 9.17) is 18.9 Å². The molecule has 0 spiro atoms. The second-order valence-electron chi connectivity index (χ2n) is 7.07. The fraction of sp³-hybridized carbons (Fsp3) is 0.381. The molecule has 1 amide bonds. The van der Waals surface area contributed by atoms with E-state index in [0.717, 1.165) is 17.1 Å². The van der Waals surface area contributed by atoms with Crippen LogP contribution in [0.2, 0.25) is 0 Å².